The lowest BCUT2D eigenvalue weighted by molar-refractivity contribution is 0.0601. The highest BCUT2D eigenvalue weighted by Crippen LogP contribution is 2.15. The zero-order chi connectivity index (χ0) is 11.6. The topological polar surface area (TPSA) is 99.4 Å². The van der Waals surface area contributed by atoms with Crippen LogP contribution in [0.2, 0.25) is 0 Å². The molecule has 82 valence electrons. The van der Waals surface area contributed by atoms with Crippen LogP contribution in [0.4, 0.5) is 5.82 Å². The number of esters is 1. The Morgan fingerprint density at radius 3 is 2.60 bits per heavy atom. The molecule has 0 amide bonds. The summed E-state index contributed by atoms with van der Waals surface area (Å²) in [4.78, 5) is 14.7. The number of nitrogens with zero attached hydrogens (tertiary/aromatic N) is 1. The zero-order valence-corrected chi connectivity index (χ0v) is 9.04. The van der Waals surface area contributed by atoms with Gasteiger partial charge in [-0.15, -0.1) is 0 Å². The van der Waals surface area contributed by atoms with Gasteiger partial charge in [-0.25, -0.2) is 18.2 Å². The minimum Gasteiger partial charge on any atom is -0.465 e. The average Bonchev–Trinajstić information content (AvgIpc) is 2.15. The maximum Gasteiger partial charge on any atom is 0.341 e. The van der Waals surface area contributed by atoms with Crippen LogP contribution in [-0.4, -0.2) is 32.7 Å². The van der Waals surface area contributed by atoms with Crippen molar-refractivity contribution in [2.45, 2.75) is 4.90 Å². The number of hydrogen-bond donors (Lipinski definition) is 1. The number of anilines is 1. The quantitative estimate of drug-likeness (QED) is 0.709. The van der Waals surface area contributed by atoms with E-state index < -0.39 is 15.8 Å². The summed E-state index contributed by atoms with van der Waals surface area (Å²) >= 11 is 0. The van der Waals surface area contributed by atoms with Crippen molar-refractivity contribution < 1.29 is 17.9 Å². The lowest BCUT2D eigenvalue weighted by Gasteiger charge is -2.04. The van der Waals surface area contributed by atoms with Gasteiger partial charge in [0.25, 0.3) is 0 Å². The van der Waals surface area contributed by atoms with E-state index in [2.05, 4.69) is 9.72 Å². The van der Waals surface area contributed by atoms with Crippen molar-refractivity contribution in [2.24, 2.45) is 0 Å². The Balaban J connectivity index is 3.36. The zero-order valence-electron chi connectivity index (χ0n) is 8.22. The predicted molar refractivity (Wildman–Crippen MR) is 53.1 cm³/mol. The number of carbonyl (C=O) groups is 1. The van der Waals surface area contributed by atoms with Gasteiger partial charge >= 0.3 is 5.97 Å². The highest BCUT2D eigenvalue weighted by Gasteiger charge is 2.16. The van der Waals surface area contributed by atoms with E-state index in [0.29, 0.717) is 0 Å². The molecule has 1 aromatic heterocycles. The number of methoxy groups -OCH3 is 1. The maximum absolute atomic E-state index is 11.2. The summed E-state index contributed by atoms with van der Waals surface area (Å²) in [6.45, 7) is 0. The first-order chi connectivity index (χ1) is 6.86. The van der Waals surface area contributed by atoms with E-state index in [9.17, 15) is 13.2 Å². The van der Waals surface area contributed by atoms with Gasteiger partial charge in [0.05, 0.1) is 12.0 Å². The van der Waals surface area contributed by atoms with E-state index in [1.165, 1.54) is 7.11 Å². The van der Waals surface area contributed by atoms with Crippen LogP contribution in [0.25, 0.3) is 0 Å². The first-order valence-electron chi connectivity index (χ1n) is 3.90. The van der Waals surface area contributed by atoms with Gasteiger partial charge in [-0.2, -0.15) is 0 Å². The largest absolute Gasteiger partial charge is 0.465 e. The van der Waals surface area contributed by atoms with Crippen molar-refractivity contribution in [3.05, 3.63) is 17.8 Å². The van der Waals surface area contributed by atoms with Crippen molar-refractivity contribution in [1.29, 1.82) is 0 Å². The number of nitrogens with two attached hydrogens (primary N) is 1. The number of sulfone groups is 1. The Labute approximate surface area is 87.0 Å². The van der Waals surface area contributed by atoms with Crippen LogP contribution < -0.4 is 5.73 Å². The van der Waals surface area contributed by atoms with Gasteiger partial charge in [0.1, 0.15) is 11.4 Å². The van der Waals surface area contributed by atoms with Gasteiger partial charge in [0, 0.05) is 12.5 Å². The summed E-state index contributed by atoms with van der Waals surface area (Å²) in [6.07, 6.45) is 2.11. The number of aromatic nitrogens is 1. The van der Waals surface area contributed by atoms with Gasteiger partial charge in [-0.05, 0) is 6.07 Å². The number of rotatable bonds is 2. The van der Waals surface area contributed by atoms with E-state index in [4.69, 9.17) is 5.73 Å². The van der Waals surface area contributed by atoms with Crippen LogP contribution in [0.15, 0.2) is 17.2 Å². The molecule has 0 aliphatic rings. The van der Waals surface area contributed by atoms with E-state index in [1.807, 2.05) is 0 Å². The molecule has 6 nitrogen and oxygen atoms in total. The van der Waals surface area contributed by atoms with Crippen LogP contribution in [0.5, 0.6) is 0 Å². The first-order valence-corrected chi connectivity index (χ1v) is 5.79. The Kier molecular flexibility index (Phi) is 2.94. The molecule has 0 bridgehead atoms. The van der Waals surface area contributed by atoms with Gasteiger partial charge < -0.3 is 10.5 Å². The summed E-state index contributed by atoms with van der Waals surface area (Å²) in [5, 5.41) is 0. The molecule has 0 aliphatic heterocycles. The van der Waals surface area contributed by atoms with Crippen LogP contribution in [0, 0.1) is 0 Å². The summed E-state index contributed by atoms with van der Waals surface area (Å²) < 4.78 is 26.8. The third-order valence-corrected chi connectivity index (χ3v) is 2.81. The second-order valence-corrected chi connectivity index (χ2v) is 4.88. The van der Waals surface area contributed by atoms with E-state index >= 15 is 0 Å². The molecule has 1 rings (SSSR count). The molecule has 0 unspecified atom stereocenters. The molecule has 0 aliphatic carbocycles. The summed E-state index contributed by atoms with van der Waals surface area (Å²) in [5.74, 6) is -0.778. The summed E-state index contributed by atoms with van der Waals surface area (Å²) in [6, 6.07) is 1.14. The number of nitrogen functional groups attached to an aromatic ring is 1. The van der Waals surface area contributed by atoms with E-state index in [-0.39, 0.29) is 16.3 Å². The van der Waals surface area contributed by atoms with Gasteiger partial charge in [-0.3, -0.25) is 0 Å². The molecule has 0 radical (unpaired) electrons. The van der Waals surface area contributed by atoms with Crippen molar-refractivity contribution in [2.75, 3.05) is 19.1 Å². The molecule has 1 heterocycles. The highest BCUT2D eigenvalue weighted by molar-refractivity contribution is 7.90. The maximum atomic E-state index is 11.2. The lowest BCUT2D eigenvalue weighted by Crippen LogP contribution is -2.09. The Morgan fingerprint density at radius 1 is 1.53 bits per heavy atom. The van der Waals surface area contributed by atoms with Crippen molar-refractivity contribution in [1.82, 2.24) is 4.98 Å². The minimum atomic E-state index is -3.41. The number of ether oxygens (including phenoxy) is 1. The van der Waals surface area contributed by atoms with Gasteiger partial charge in [-0.1, -0.05) is 0 Å². The summed E-state index contributed by atoms with van der Waals surface area (Å²) in [5.41, 5.74) is 5.35. The third-order valence-electron chi connectivity index (χ3n) is 1.73. The standard InChI is InChI=1S/C8H10N2O4S/c1-14-8(11)6-3-5(15(2,12)13)4-10-7(6)9/h3-4H,1-2H3,(H2,9,10). The Bertz CT molecular complexity index is 495. The molecule has 0 saturated carbocycles. The molecular formula is C8H10N2O4S. The predicted octanol–water partition coefficient (Wildman–Crippen LogP) is -0.146. The third kappa shape index (κ3) is 2.44. The number of pyridine rings is 1. The number of hydrogen-bond acceptors (Lipinski definition) is 6. The van der Waals surface area contributed by atoms with E-state index in [0.717, 1.165) is 18.5 Å². The molecule has 7 heteroatoms. The van der Waals surface area contributed by atoms with Crippen LogP contribution in [-0.2, 0) is 14.6 Å². The Morgan fingerprint density at radius 2 is 2.13 bits per heavy atom. The molecule has 1 aromatic rings. The average molecular weight is 230 g/mol. The summed E-state index contributed by atoms with van der Waals surface area (Å²) in [7, 11) is -2.23. The lowest BCUT2D eigenvalue weighted by atomic mass is 10.2. The molecular weight excluding hydrogens is 220 g/mol. The highest BCUT2D eigenvalue weighted by atomic mass is 32.2. The Hall–Kier alpha value is -1.63. The fourth-order valence-electron chi connectivity index (χ4n) is 0.932. The fraction of sp³-hybridized carbons (Fsp3) is 0.250. The normalized spacial score (nSPS) is 11.1. The van der Waals surface area contributed by atoms with Crippen molar-refractivity contribution in [3.63, 3.8) is 0 Å². The van der Waals surface area contributed by atoms with Crippen molar-refractivity contribution >= 4 is 21.6 Å². The van der Waals surface area contributed by atoms with Crippen LogP contribution in [0.1, 0.15) is 10.4 Å². The van der Waals surface area contributed by atoms with Crippen molar-refractivity contribution in [3.8, 4) is 0 Å². The van der Waals surface area contributed by atoms with Gasteiger partial charge in [0.2, 0.25) is 0 Å². The first kappa shape index (κ1) is 11.4. The second kappa shape index (κ2) is 3.85. The van der Waals surface area contributed by atoms with Crippen LogP contribution >= 0.6 is 0 Å². The van der Waals surface area contributed by atoms with Gasteiger partial charge in [0.15, 0.2) is 9.84 Å². The fourth-order valence-corrected chi connectivity index (χ4v) is 1.51. The molecule has 0 atom stereocenters. The second-order valence-electron chi connectivity index (χ2n) is 2.87. The molecule has 15 heavy (non-hydrogen) atoms. The van der Waals surface area contributed by atoms with Crippen LogP contribution in [0.3, 0.4) is 0 Å². The molecule has 2 N–H and O–H groups in total. The molecule has 0 fully saturated rings. The monoisotopic (exact) mass is 230 g/mol. The number of carbonyl (C=O) groups excluding carboxylic acids is 1. The molecule has 0 spiro atoms. The minimum absolute atomic E-state index is 0.0552. The molecule has 0 saturated heterocycles. The smallest absolute Gasteiger partial charge is 0.341 e. The van der Waals surface area contributed by atoms with E-state index in [1.54, 1.807) is 0 Å². The SMILES string of the molecule is COC(=O)c1cc(S(C)(=O)=O)cnc1N. The molecule has 0 aromatic carbocycles.